The van der Waals surface area contributed by atoms with E-state index in [1.807, 2.05) is 0 Å². The second-order valence-electron chi connectivity index (χ2n) is 3.35. The van der Waals surface area contributed by atoms with Crippen molar-refractivity contribution in [1.29, 1.82) is 0 Å². The number of nitrogens with zero attached hydrogens (tertiary/aromatic N) is 2. The summed E-state index contributed by atoms with van der Waals surface area (Å²) in [4.78, 5) is 0. The van der Waals surface area contributed by atoms with Gasteiger partial charge in [-0.15, -0.1) is 50.0 Å². The monoisotopic (exact) mass is 364 g/mol. The Labute approximate surface area is 123 Å². The summed E-state index contributed by atoms with van der Waals surface area (Å²) in [6.45, 7) is 1.87. The van der Waals surface area contributed by atoms with Crippen LogP contribution in [0.1, 0.15) is 19.3 Å². The van der Waals surface area contributed by atoms with Crippen LogP contribution in [-0.4, -0.2) is 19.1 Å². The van der Waals surface area contributed by atoms with E-state index in [1.165, 1.54) is 25.0 Å². The van der Waals surface area contributed by atoms with Gasteiger partial charge in [0.05, 0.1) is 0 Å². The average molecular weight is 363 g/mol. The predicted octanol–water partition coefficient (Wildman–Crippen LogP) is 3.34. The van der Waals surface area contributed by atoms with Gasteiger partial charge >= 0.3 is 25.3 Å². The van der Waals surface area contributed by atoms with Crippen LogP contribution < -0.4 is 0 Å². The van der Waals surface area contributed by atoms with Crippen molar-refractivity contribution in [2.24, 2.45) is 0 Å². The van der Waals surface area contributed by atoms with E-state index in [0.29, 0.717) is 6.04 Å². The van der Waals surface area contributed by atoms with Crippen molar-refractivity contribution in [2.45, 2.75) is 25.3 Å². The summed E-state index contributed by atoms with van der Waals surface area (Å²) in [6.07, 6.45) is 10.0. The van der Waals surface area contributed by atoms with Crippen molar-refractivity contribution in [2.75, 3.05) is 13.1 Å². The fraction of sp³-hybridized carbons (Fsp3) is 0.600. The van der Waals surface area contributed by atoms with Crippen molar-refractivity contribution in [3.63, 3.8) is 0 Å². The van der Waals surface area contributed by atoms with E-state index in [0.717, 1.165) is 13.1 Å². The molecule has 4 nitrogen and oxygen atoms in total. The minimum atomic E-state index is -2.03. The summed E-state index contributed by atoms with van der Waals surface area (Å²) in [5.41, 5.74) is 1.19. The van der Waals surface area contributed by atoms with Crippen molar-refractivity contribution in [3.8, 4) is 0 Å². The Morgan fingerprint density at radius 2 is 1.94 bits per heavy atom. The van der Waals surface area contributed by atoms with E-state index in [1.54, 1.807) is 0 Å². The zero-order chi connectivity index (χ0) is 10.9. The van der Waals surface area contributed by atoms with Gasteiger partial charge in [-0.05, 0) is 0 Å². The molecule has 0 aromatic heterocycles. The molecule has 1 saturated heterocycles. The van der Waals surface area contributed by atoms with Crippen LogP contribution in [0.3, 0.4) is 0 Å². The van der Waals surface area contributed by atoms with Gasteiger partial charge in [-0.3, -0.25) is 0 Å². The Bertz CT molecular complexity index is 286. The molecule has 0 saturated carbocycles. The van der Waals surface area contributed by atoms with Crippen LogP contribution in [0.25, 0.3) is 10.6 Å². The summed E-state index contributed by atoms with van der Waals surface area (Å²) in [5, 5.41) is 8.99. The maximum atomic E-state index is 8.50. The van der Waals surface area contributed by atoms with E-state index < -0.39 is 18.5 Å². The average Bonchev–Trinajstić information content (AvgIpc) is 2.32. The second kappa shape index (κ2) is 12.6. The normalized spacial score (nSPS) is 21.2. The maximum absolute atomic E-state index is 8.50. The molecule has 0 spiro atoms. The van der Waals surface area contributed by atoms with Gasteiger partial charge in [-0.2, -0.15) is 5.70 Å². The Hall–Kier alpha value is 0.108. The predicted molar refractivity (Wildman–Crippen MR) is 67.2 cm³/mol. The number of hydrogen-bond acceptors (Lipinski definition) is 2. The molecule has 2 heterocycles. The number of allylic oxidation sites excluding steroid dienone is 2. The van der Waals surface area contributed by atoms with Crippen LogP contribution in [0, 0.1) is 0 Å². The van der Waals surface area contributed by atoms with E-state index in [2.05, 4.69) is 28.9 Å². The van der Waals surface area contributed by atoms with Crippen molar-refractivity contribution < 1.29 is 25.3 Å². The minimum absolute atomic E-state index is 0. The molecule has 0 amide bonds. The van der Waals surface area contributed by atoms with E-state index >= 15 is 0 Å². The van der Waals surface area contributed by atoms with Crippen LogP contribution in [0.2, 0.25) is 0 Å². The zero-order valence-electron chi connectivity index (χ0n) is 9.28. The van der Waals surface area contributed by atoms with Gasteiger partial charge in [0, 0.05) is 0 Å². The van der Waals surface area contributed by atoms with Gasteiger partial charge in [-0.25, -0.2) is 0 Å². The quantitative estimate of drug-likeness (QED) is 0.671. The molecule has 98 valence electrons. The molecule has 0 bridgehead atoms. The molecule has 0 radical (unpaired) electrons. The Balaban J connectivity index is 0. The molecular weight excluding hydrogens is 347 g/mol. The zero-order valence-corrected chi connectivity index (χ0v) is 12.9. The standard InChI is InChI=1S/C10H14N2.2ClH.Mo.2O/c1-3-7-11-9(5-1)10-6-2-4-8-12-10;;;;;/h1,3,5,10H,2,4,6-8H2;2*1H;;;/q-2;;;+2;;. The first-order valence-corrected chi connectivity index (χ1v) is 6.65. The fourth-order valence-electron chi connectivity index (χ4n) is 1.68. The molecule has 0 aromatic carbocycles. The number of piperidine rings is 1. The summed E-state index contributed by atoms with van der Waals surface area (Å²) in [6, 6.07) is 0.406. The second-order valence-corrected chi connectivity index (χ2v) is 3.68. The van der Waals surface area contributed by atoms with Crippen molar-refractivity contribution >= 4 is 24.8 Å². The molecule has 1 unspecified atom stereocenters. The van der Waals surface area contributed by atoms with E-state index in [4.69, 9.17) is 6.80 Å². The third kappa shape index (κ3) is 7.93. The fourth-order valence-corrected chi connectivity index (χ4v) is 1.68. The van der Waals surface area contributed by atoms with Crippen LogP contribution in [0.5, 0.6) is 0 Å². The third-order valence-corrected chi connectivity index (χ3v) is 2.36. The SMILES string of the molecule is C1=CC[N-]C(C2CCCC[N-]2)=C1.Cl.Cl.[O]=[Mo+2]=[O]. The Kier molecular flexibility index (Phi) is 14.4. The van der Waals surface area contributed by atoms with Gasteiger partial charge in [-0.1, -0.05) is 31.4 Å². The Morgan fingerprint density at radius 1 is 1.24 bits per heavy atom. The summed E-state index contributed by atoms with van der Waals surface area (Å²) >= 11 is -2.03. The van der Waals surface area contributed by atoms with Crippen molar-refractivity contribution in [3.05, 3.63) is 34.6 Å². The van der Waals surface area contributed by atoms with Crippen molar-refractivity contribution in [1.82, 2.24) is 0 Å². The summed E-state index contributed by atoms with van der Waals surface area (Å²) in [5.74, 6) is 0. The molecule has 2 rings (SSSR count). The topological polar surface area (TPSA) is 62.3 Å². The first-order valence-electron chi connectivity index (χ1n) is 5.01. The van der Waals surface area contributed by atoms with E-state index in [-0.39, 0.29) is 24.8 Å². The summed E-state index contributed by atoms with van der Waals surface area (Å²) in [7, 11) is 0. The van der Waals surface area contributed by atoms with Gasteiger partial charge in [0.25, 0.3) is 0 Å². The number of hydrogen-bond donors (Lipinski definition) is 0. The third-order valence-electron chi connectivity index (χ3n) is 2.36. The van der Waals surface area contributed by atoms with Crippen LogP contribution in [-0.2, 0) is 25.3 Å². The molecule has 0 aromatic rings. The Morgan fingerprint density at radius 3 is 2.41 bits per heavy atom. The number of rotatable bonds is 1. The first-order chi connectivity index (χ1) is 7.38. The molecule has 1 fully saturated rings. The summed E-state index contributed by atoms with van der Waals surface area (Å²) < 4.78 is 17.0. The molecule has 0 aliphatic carbocycles. The van der Waals surface area contributed by atoms with Crippen LogP contribution >= 0.6 is 24.8 Å². The molecule has 0 N–H and O–H groups in total. The van der Waals surface area contributed by atoms with Gasteiger partial charge in [0.2, 0.25) is 0 Å². The van der Waals surface area contributed by atoms with Crippen LogP contribution in [0.15, 0.2) is 23.9 Å². The molecule has 7 heteroatoms. The molecular formula is C10H16Cl2MoN2O2. The van der Waals surface area contributed by atoms with Gasteiger partial charge in [0.1, 0.15) is 0 Å². The van der Waals surface area contributed by atoms with E-state index in [9.17, 15) is 0 Å². The molecule has 17 heavy (non-hydrogen) atoms. The van der Waals surface area contributed by atoms with Gasteiger partial charge < -0.3 is 10.6 Å². The molecule has 2 aliphatic rings. The molecule has 2 aliphatic heterocycles. The van der Waals surface area contributed by atoms with Gasteiger partial charge in [0.15, 0.2) is 0 Å². The number of halogens is 2. The molecule has 1 atom stereocenters. The van der Waals surface area contributed by atoms with Crippen LogP contribution in [0.4, 0.5) is 0 Å². The first kappa shape index (κ1) is 19.4.